The van der Waals surface area contributed by atoms with Crippen molar-refractivity contribution < 1.29 is 18.7 Å². The monoisotopic (exact) mass is 572 g/mol. The summed E-state index contributed by atoms with van der Waals surface area (Å²) < 4.78 is 18.6. The van der Waals surface area contributed by atoms with E-state index in [0.717, 1.165) is 46.8 Å². The van der Waals surface area contributed by atoms with E-state index in [2.05, 4.69) is 25.1 Å². The number of thiophene rings is 1. The third-order valence-corrected chi connectivity index (χ3v) is 8.29. The number of benzene rings is 1. The zero-order valence-electron chi connectivity index (χ0n) is 21.7. The second-order valence-corrected chi connectivity index (χ2v) is 10.9. The lowest BCUT2D eigenvalue weighted by Crippen LogP contribution is -2.48. The van der Waals surface area contributed by atoms with Gasteiger partial charge in [0.25, 0.3) is 0 Å². The number of hydrogen-bond acceptors (Lipinski definition) is 9. The number of hydrogen-bond donors (Lipinski definition) is 1. The largest absolute Gasteiger partial charge is 0.465 e. The number of esters is 1. The van der Waals surface area contributed by atoms with Gasteiger partial charge in [-0.3, -0.25) is 19.4 Å². The van der Waals surface area contributed by atoms with E-state index in [0.29, 0.717) is 50.7 Å². The van der Waals surface area contributed by atoms with Crippen LogP contribution in [0.3, 0.4) is 0 Å². The third kappa shape index (κ3) is 6.55. The van der Waals surface area contributed by atoms with Crippen LogP contribution in [-0.4, -0.2) is 89.0 Å². The van der Waals surface area contributed by atoms with Crippen LogP contribution < -0.4 is 5.32 Å². The maximum atomic E-state index is 13.6. The summed E-state index contributed by atoms with van der Waals surface area (Å²) in [6.45, 7) is 7.64. The average molecular weight is 573 g/mol. The number of fused-ring (bicyclic) bond motifs is 3. The molecular formula is C27H30ClFN6O3S. The summed E-state index contributed by atoms with van der Waals surface area (Å²) in [6, 6.07) is 4.46. The summed E-state index contributed by atoms with van der Waals surface area (Å²) in [5, 5.41) is 4.22. The van der Waals surface area contributed by atoms with Crippen molar-refractivity contribution in [3.63, 3.8) is 0 Å². The molecule has 3 aromatic rings. The van der Waals surface area contributed by atoms with Crippen LogP contribution in [-0.2, 0) is 27.3 Å². The molecule has 1 saturated heterocycles. The Kier molecular flexibility index (Phi) is 8.71. The van der Waals surface area contributed by atoms with Gasteiger partial charge in [-0.25, -0.2) is 14.4 Å². The van der Waals surface area contributed by atoms with Crippen molar-refractivity contribution in [2.24, 2.45) is 0 Å². The van der Waals surface area contributed by atoms with E-state index in [1.54, 1.807) is 23.5 Å². The first-order valence-electron chi connectivity index (χ1n) is 12.9. The summed E-state index contributed by atoms with van der Waals surface area (Å²) in [5.74, 6) is -0.0286. The topological polar surface area (TPSA) is 90.9 Å². The van der Waals surface area contributed by atoms with Crippen molar-refractivity contribution in [1.82, 2.24) is 24.7 Å². The van der Waals surface area contributed by atoms with Gasteiger partial charge in [0.1, 0.15) is 22.8 Å². The van der Waals surface area contributed by atoms with E-state index in [9.17, 15) is 14.0 Å². The van der Waals surface area contributed by atoms with Crippen LogP contribution in [0.5, 0.6) is 0 Å². The van der Waals surface area contributed by atoms with E-state index < -0.39 is 5.82 Å². The van der Waals surface area contributed by atoms with Crippen LogP contribution in [0, 0.1) is 5.82 Å². The lowest BCUT2D eigenvalue weighted by Gasteiger charge is -2.33. The highest BCUT2D eigenvalue weighted by atomic mass is 35.5. The number of halogens is 2. The lowest BCUT2D eigenvalue weighted by atomic mass is 10.0. The average Bonchev–Trinajstić information content (AvgIpc) is 3.30. The molecule has 0 unspecified atom stereocenters. The summed E-state index contributed by atoms with van der Waals surface area (Å²) >= 11 is 7.51. The molecule has 0 aliphatic carbocycles. The highest BCUT2D eigenvalue weighted by Gasteiger charge is 2.26. The second kappa shape index (κ2) is 12.4. The Hall–Kier alpha value is -3.12. The Morgan fingerprint density at radius 3 is 2.74 bits per heavy atom. The van der Waals surface area contributed by atoms with Crippen molar-refractivity contribution in [3.05, 3.63) is 58.0 Å². The molecule has 0 saturated carbocycles. The highest BCUT2D eigenvalue weighted by molar-refractivity contribution is 7.19. The van der Waals surface area contributed by atoms with Crippen molar-refractivity contribution in [2.45, 2.75) is 19.9 Å². The maximum Gasteiger partial charge on any atom is 0.320 e. The van der Waals surface area contributed by atoms with E-state index in [1.165, 1.54) is 18.5 Å². The number of rotatable bonds is 8. The van der Waals surface area contributed by atoms with E-state index >= 15 is 0 Å². The molecule has 4 heterocycles. The summed E-state index contributed by atoms with van der Waals surface area (Å²) in [4.78, 5) is 41.7. The summed E-state index contributed by atoms with van der Waals surface area (Å²) in [7, 11) is 0. The zero-order valence-corrected chi connectivity index (χ0v) is 23.2. The fraction of sp³-hybridized carbons (Fsp3) is 0.407. The number of aromatic nitrogens is 2. The van der Waals surface area contributed by atoms with Gasteiger partial charge in [-0.1, -0.05) is 17.7 Å². The molecule has 1 aromatic carbocycles. The Morgan fingerprint density at radius 1 is 1.18 bits per heavy atom. The van der Waals surface area contributed by atoms with Gasteiger partial charge in [0, 0.05) is 55.9 Å². The number of piperazine rings is 1. The van der Waals surface area contributed by atoms with Gasteiger partial charge in [0.2, 0.25) is 5.91 Å². The molecular weight excluding hydrogens is 543 g/mol. The SMILES string of the molecule is CCOC(=O)CN1CCN(CC=CC(=O)N2CCc3c(sc4ncnc(Nc5ccc(F)c(Cl)c5)c34)C2)CC1. The number of anilines is 2. The molecule has 0 spiro atoms. The number of amides is 1. The Labute approximate surface area is 235 Å². The van der Waals surface area contributed by atoms with Gasteiger partial charge in [-0.2, -0.15) is 0 Å². The molecule has 0 bridgehead atoms. The fourth-order valence-electron chi connectivity index (χ4n) is 4.85. The van der Waals surface area contributed by atoms with E-state index in [-0.39, 0.29) is 16.9 Å². The third-order valence-electron chi connectivity index (χ3n) is 6.88. The van der Waals surface area contributed by atoms with Crippen molar-refractivity contribution in [2.75, 3.05) is 57.7 Å². The molecule has 206 valence electrons. The number of nitrogens with zero attached hydrogens (tertiary/aromatic N) is 5. The smallest absolute Gasteiger partial charge is 0.320 e. The molecule has 2 aliphatic heterocycles. The molecule has 39 heavy (non-hydrogen) atoms. The molecule has 0 atom stereocenters. The maximum absolute atomic E-state index is 13.6. The van der Waals surface area contributed by atoms with Crippen LogP contribution in [0.1, 0.15) is 17.4 Å². The van der Waals surface area contributed by atoms with Crippen LogP contribution in [0.25, 0.3) is 10.2 Å². The van der Waals surface area contributed by atoms with E-state index in [4.69, 9.17) is 16.3 Å². The first-order chi connectivity index (χ1) is 18.9. The van der Waals surface area contributed by atoms with Gasteiger partial charge in [-0.15, -0.1) is 11.3 Å². The quantitative estimate of drug-likeness (QED) is 0.322. The fourth-order valence-corrected chi connectivity index (χ4v) is 6.23. The minimum absolute atomic E-state index is 0.00978. The Balaban J connectivity index is 1.17. The molecule has 2 aliphatic rings. The molecule has 1 fully saturated rings. The molecule has 1 amide bonds. The molecule has 0 radical (unpaired) electrons. The van der Waals surface area contributed by atoms with Gasteiger partial charge in [-0.05, 0) is 37.1 Å². The first kappa shape index (κ1) is 27.4. The second-order valence-electron chi connectivity index (χ2n) is 9.45. The van der Waals surface area contributed by atoms with Gasteiger partial charge < -0.3 is 15.0 Å². The van der Waals surface area contributed by atoms with Crippen LogP contribution in [0.4, 0.5) is 15.9 Å². The number of carbonyl (C=O) groups excluding carboxylic acids is 2. The van der Waals surface area contributed by atoms with Crippen LogP contribution in [0.2, 0.25) is 5.02 Å². The first-order valence-corrected chi connectivity index (χ1v) is 14.1. The standard InChI is InChI=1S/C27H30ClFN6O3S/c1-2-38-24(37)16-34-12-10-33(11-13-34)8-3-4-23(36)35-9-7-19-22(15-35)39-27-25(19)26(30-17-31-27)32-18-5-6-21(29)20(28)14-18/h3-6,14,17H,2,7-13,15-16H2,1H3,(H,30,31,32). The number of nitrogens with one attached hydrogen (secondary N) is 1. The number of ether oxygens (including phenoxy) is 1. The lowest BCUT2D eigenvalue weighted by molar-refractivity contribution is -0.144. The predicted octanol–water partition coefficient (Wildman–Crippen LogP) is 3.85. The summed E-state index contributed by atoms with van der Waals surface area (Å²) in [6.07, 6.45) is 5.78. The molecule has 9 nitrogen and oxygen atoms in total. The van der Waals surface area contributed by atoms with E-state index in [1.807, 2.05) is 17.9 Å². The molecule has 2 aromatic heterocycles. The van der Waals surface area contributed by atoms with Crippen LogP contribution >= 0.6 is 22.9 Å². The van der Waals surface area contributed by atoms with Gasteiger partial charge in [0.05, 0.1) is 30.1 Å². The van der Waals surface area contributed by atoms with Gasteiger partial charge >= 0.3 is 5.97 Å². The highest BCUT2D eigenvalue weighted by Crippen LogP contribution is 2.38. The van der Waals surface area contributed by atoms with Crippen molar-refractivity contribution >= 4 is 56.5 Å². The molecule has 1 N–H and O–H groups in total. The molecule has 12 heteroatoms. The summed E-state index contributed by atoms with van der Waals surface area (Å²) in [5.41, 5.74) is 1.78. The normalized spacial score (nSPS) is 16.5. The minimum atomic E-state index is -0.477. The van der Waals surface area contributed by atoms with Crippen LogP contribution in [0.15, 0.2) is 36.7 Å². The predicted molar refractivity (Wildman–Crippen MR) is 150 cm³/mol. The number of carbonyl (C=O) groups is 2. The van der Waals surface area contributed by atoms with Crippen molar-refractivity contribution in [3.8, 4) is 0 Å². The Bertz CT molecular complexity index is 1390. The van der Waals surface area contributed by atoms with Gasteiger partial charge in [0.15, 0.2) is 0 Å². The minimum Gasteiger partial charge on any atom is -0.465 e. The zero-order chi connectivity index (χ0) is 27.4. The Morgan fingerprint density at radius 2 is 1.97 bits per heavy atom. The van der Waals surface area contributed by atoms with Crippen molar-refractivity contribution in [1.29, 1.82) is 0 Å². The molecule has 5 rings (SSSR count).